The lowest BCUT2D eigenvalue weighted by molar-refractivity contribution is 0.167. The number of nitrogens with zero attached hydrogens (tertiary/aromatic N) is 3. The number of hydrogen-bond donors (Lipinski definition) is 1. The highest BCUT2D eigenvalue weighted by Crippen LogP contribution is 2.24. The van der Waals surface area contributed by atoms with E-state index in [0.717, 1.165) is 27.8 Å². The van der Waals surface area contributed by atoms with E-state index in [1.54, 1.807) is 22.2 Å². The lowest BCUT2D eigenvalue weighted by atomic mass is 10.0. The molecule has 19 heavy (non-hydrogen) atoms. The van der Waals surface area contributed by atoms with E-state index in [1.165, 1.54) is 0 Å². The van der Waals surface area contributed by atoms with E-state index in [0.29, 0.717) is 6.42 Å². The summed E-state index contributed by atoms with van der Waals surface area (Å²) in [5.74, 6) is 0. The normalized spacial score (nSPS) is 12.9. The number of aliphatic hydroxyl groups excluding tert-OH is 1. The van der Waals surface area contributed by atoms with Gasteiger partial charge in [-0.3, -0.25) is 9.67 Å². The van der Waals surface area contributed by atoms with Crippen LogP contribution in [0.1, 0.15) is 23.7 Å². The molecular weight excluding hydrogens is 258 g/mol. The van der Waals surface area contributed by atoms with E-state index >= 15 is 0 Å². The van der Waals surface area contributed by atoms with Crippen molar-refractivity contribution in [3.8, 4) is 0 Å². The Morgan fingerprint density at radius 1 is 1.42 bits per heavy atom. The molecule has 0 saturated heterocycles. The summed E-state index contributed by atoms with van der Waals surface area (Å²) in [6.45, 7) is 0. The van der Waals surface area contributed by atoms with Crippen molar-refractivity contribution in [3.05, 3.63) is 47.2 Å². The molecule has 0 aliphatic carbocycles. The van der Waals surface area contributed by atoms with E-state index in [4.69, 9.17) is 0 Å². The average Bonchev–Trinajstić information content (AvgIpc) is 3.03. The third kappa shape index (κ3) is 2.67. The van der Waals surface area contributed by atoms with Crippen LogP contribution in [0.2, 0.25) is 0 Å². The summed E-state index contributed by atoms with van der Waals surface area (Å²) in [5.41, 5.74) is 3.03. The molecule has 3 heterocycles. The smallest absolute Gasteiger partial charge is 0.0809 e. The Labute approximate surface area is 115 Å². The molecule has 3 aromatic rings. The lowest BCUT2D eigenvalue weighted by Gasteiger charge is -2.09. The quantitative estimate of drug-likeness (QED) is 0.795. The molecule has 3 rings (SSSR count). The molecule has 5 heteroatoms. The molecule has 0 bridgehead atoms. The predicted octanol–water partition coefficient (Wildman–Crippen LogP) is 2.70. The summed E-state index contributed by atoms with van der Waals surface area (Å²) in [5, 5.41) is 16.4. The zero-order valence-electron chi connectivity index (χ0n) is 10.7. The van der Waals surface area contributed by atoms with Gasteiger partial charge in [0.25, 0.3) is 0 Å². The second-order valence-corrected chi connectivity index (χ2v) is 5.60. The second-order valence-electron chi connectivity index (χ2n) is 4.65. The van der Waals surface area contributed by atoms with E-state index in [9.17, 15) is 5.11 Å². The van der Waals surface area contributed by atoms with Crippen molar-refractivity contribution < 1.29 is 5.11 Å². The van der Waals surface area contributed by atoms with E-state index in [2.05, 4.69) is 10.1 Å². The van der Waals surface area contributed by atoms with Crippen LogP contribution in [0, 0.1) is 0 Å². The van der Waals surface area contributed by atoms with Gasteiger partial charge in [-0.15, -0.1) is 11.3 Å². The minimum absolute atomic E-state index is 0.473. The number of aryl methyl sites for hydroxylation is 2. The fraction of sp³-hybridized carbons (Fsp3) is 0.286. The van der Waals surface area contributed by atoms with Gasteiger partial charge in [0.05, 0.1) is 22.5 Å². The molecular formula is C14H15N3OS. The van der Waals surface area contributed by atoms with Crippen LogP contribution >= 0.6 is 11.3 Å². The molecule has 0 amide bonds. The van der Waals surface area contributed by atoms with Gasteiger partial charge in [-0.1, -0.05) is 0 Å². The monoisotopic (exact) mass is 273 g/mol. The first-order valence-corrected chi connectivity index (χ1v) is 7.09. The van der Waals surface area contributed by atoms with Crippen molar-refractivity contribution in [1.82, 2.24) is 14.8 Å². The van der Waals surface area contributed by atoms with Crippen LogP contribution < -0.4 is 0 Å². The van der Waals surface area contributed by atoms with Gasteiger partial charge in [-0.05, 0) is 35.9 Å². The fourth-order valence-electron chi connectivity index (χ4n) is 2.11. The zero-order chi connectivity index (χ0) is 13.2. The second kappa shape index (κ2) is 5.11. The molecule has 0 aliphatic rings. The standard InChI is InChI=1S/C14H15N3OS/c1-17-9-10(7-16-17)2-3-13(18)11-6-14-12(15-8-11)4-5-19-14/h4-9,13,18H,2-3H2,1H3. The highest BCUT2D eigenvalue weighted by molar-refractivity contribution is 7.17. The van der Waals surface area contributed by atoms with Crippen LogP contribution in [0.25, 0.3) is 10.2 Å². The number of aliphatic hydroxyl groups is 1. The highest BCUT2D eigenvalue weighted by Gasteiger charge is 2.10. The van der Waals surface area contributed by atoms with Crippen LogP contribution in [0.4, 0.5) is 0 Å². The summed E-state index contributed by atoms with van der Waals surface area (Å²) in [7, 11) is 1.90. The van der Waals surface area contributed by atoms with Crippen molar-refractivity contribution >= 4 is 21.6 Å². The molecule has 1 N–H and O–H groups in total. The summed E-state index contributed by atoms with van der Waals surface area (Å²) >= 11 is 1.65. The van der Waals surface area contributed by atoms with Gasteiger partial charge < -0.3 is 5.11 Å². The van der Waals surface area contributed by atoms with Crippen molar-refractivity contribution in [2.75, 3.05) is 0 Å². The molecule has 1 atom stereocenters. The first-order valence-electron chi connectivity index (χ1n) is 6.21. The van der Waals surface area contributed by atoms with Gasteiger partial charge in [0, 0.05) is 25.0 Å². The molecule has 1 unspecified atom stereocenters. The van der Waals surface area contributed by atoms with Crippen molar-refractivity contribution in [2.45, 2.75) is 18.9 Å². The number of aromatic nitrogens is 3. The van der Waals surface area contributed by atoms with Crippen molar-refractivity contribution in [2.24, 2.45) is 7.05 Å². The summed E-state index contributed by atoms with van der Waals surface area (Å²) < 4.78 is 2.90. The molecule has 0 radical (unpaired) electrons. The number of rotatable bonds is 4. The molecule has 0 saturated carbocycles. The summed E-state index contributed by atoms with van der Waals surface area (Å²) in [4.78, 5) is 4.36. The van der Waals surface area contributed by atoms with Gasteiger partial charge in [0.2, 0.25) is 0 Å². The largest absolute Gasteiger partial charge is 0.388 e. The predicted molar refractivity (Wildman–Crippen MR) is 76.1 cm³/mol. The van der Waals surface area contributed by atoms with Crippen LogP contribution in [-0.2, 0) is 13.5 Å². The van der Waals surface area contributed by atoms with Crippen LogP contribution in [0.5, 0.6) is 0 Å². The Bertz CT molecular complexity index is 689. The van der Waals surface area contributed by atoms with E-state index in [1.807, 2.05) is 37.0 Å². The van der Waals surface area contributed by atoms with Crippen LogP contribution in [0.15, 0.2) is 36.1 Å². The maximum absolute atomic E-state index is 10.2. The SMILES string of the molecule is Cn1cc(CCC(O)c2cnc3ccsc3c2)cn1. The Morgan fingerprint density at radius 3 is 3.11 bits per heavy atom. The first kappa shape index (κ1) is 12.3. The number of hydrogen-bond acceptors (Lipinski definition) is 4. The zero-order valence-corrected chi connectivity index (χ0v) is 11.5. The maximum atomic E-state index is 10.2. The van der Waals surface area contributed by atoms with Gasteiger partial charge in [-0.2, -0.15) is 5.10 Å². The summed E-state index contributed by atoms with van der Waals surface area (Å²) in [6.07, 6.45) is 6.62. The Balaban J connectivity index is 1.70. The highest BCUT2D eigenvalue weighted by atomic mass is 32.1. The van der Waals surface area contributed by atoms with Crippen molar-refractivity contribution in [1.29, 1.82) is 0 Å². The molecule has 4 nitrogen and oxygen atoms in total. The van der Waals surface area contributed by atoms with E-state index < -0.39 is 6.10 Å². The number of pyridine rings is 1. The third-order valence-corrected chi connectivity index (χ3v) is 4.03. The van der Waals surface area contributed by atoms with Gasteiger partial charge in [-0.25, -0.2) is 0 Å². The molecule has 0 spiro atoms. The number of thiophene rings is 1. The Kier molecular flexibility index (Phi) is 3.31. The first-order chi connectivity index (χ1) is 9.22. The fourth-order valence-corrected chi connectivity index (χ4v) is 2.90. The minimum atomic E-state index is -0.473. The van der Waals surface area contributed by atoms with Crippen LogP contribution in [-0.4, -0.2) is 19.9 Å². The topological polar surface area (TPSA) is 50.9 Å². The van der Waals surface area contributed by atoms with E-state index in [-0.39, 0.29) is 0 Å². The Hall–Kier alpha value is -1.72. The maximum Gasteiger partial charge on any atom is 0.0809 e. The molecule has 0 fully saturated rings. The summed E-state index contributed by atoms with van der Waals surface area (Å²) in [6, 6.07) is 4.02. The Morgan fingerprint density at radius 2 is 2.32 bits per heavy atom. The number of fused-ring (bicyclic) bond motifs is 1. The molecule has 98 valence electrons. The van der Waals surface area contributed by atoms with Gasteiger partial charge >= 0.3 is 0 Å². The molecule has 0 aliphatic heterocycles. The average molecular weight is 273 g/mol. The van der Waals surface area contributed by atoms with Gasteiger partial charge in [0.1, 0.15) is 0 Å². The van der Waals surface area contributed by atoms with Crippen molar-refractivity contribution in [3.63, 3.8) is 0 Å². The van der Waals surface area contributed by atoms with Crippen LogP contribution in [0.3, 0.4) is 0 Å². The minimum Gasteiger partial charge on any atom is -0.388 e. The molecule has 3 aromatic heterocycles. The molecule has 0 aromatic carbocycles. The van der Waals surface area contributed by atoms with Gasteiger partial charge in [0.15, 0.2) is 0 Å². The lowest BCUT2D eigenvalue weighted by Crippen LogP contribution is -2.00. The third-order valence-electron chi connectivity index (χ3n) is 3.17.